The summed E-state index contributed by atoms with van der Waals surface area (Å²) in [5, 5.41) is 9.17. The summed E-state index contributed by atoms with van der Waals surface area (Å²) in [5.41, 5.74) is -0.475. The zero-order valence-corrected chi connectivity index (χ0v) is 10.7. The molecule has 3 atom stereocenters. The number of aryl methyl sites for hydroxylation is 1. The third-order valence-electron chi connectivity index (χ3n) is 3.20. The lowest BCUT2D eigenvalue weighted by molar-refractivity contribution is -0.0311. The molecule has 0 radical (unpaired) electrons. The Labute approximate surface area is 108 Å². The predicted molar refractivity (Wildman–Crippen MR) is 65.9 cm³/mol. The monoisotopic (exact) mass is 274 g/mol. The molecule has 2 rings (SSSR count). The Morgan fingerprint density at radius 1 is 1.61 bits per heavy atom. The van der Waals surface area contributed by atoms with E-state index in [9.17, 15) is 14.7 Å². The lowest BCUT2D eigenvalue weighted by atomic mass is 10.0. The lowest BCUT2D eigenvalue weighted by Crippen LogP contribution is -2.33. The van der Waals surface area contributed by atoms with Crippen LogP contribution in [0.1, 0.15) is 18.2 Å². The molecule has 0 spiro atoms. The van der Waals surface area contributed by atoms with Crippen molar-refractivity contribution in [3.8, 4) is 0 Å². The largest absolute Gasteiger partial charge is 0.394 e. The van der Waals surface area contributed by atoms with Crippen molar-refractivity contribution in [2.75, 3.05) is 12.5 Å². The average Bonchev–Trinajstić information content (AvgIpc) is 2.76. The predicted octanol–water partition coefficient (Wildman–Crippen LogP) is -0.0202. The molecule has 0 saturated carbocycles. The standard InChI is InChI=1S/C11H15ClN2O4/c1-6-4-14(11(17)13-10(6)16)9-2-7(3-12)8(5-15)18-9/h4,7-9,15H,2-3,5H2,1H3,(H,13,16,17)/t7-,8+,9+/m0/s1. The maximum absolute atomic E-state index is 11.7. The second-order valence-electron chi connectivity index (χ2n) is 4.44. The summed E-state index contributed by atoms with van der Waals surface area (Å²) in [6.45, 7) is 1.48. The summed E-state index contributed by atoms with van der Waals surface area (Å²) < 4.78 is 6.92. The molecule has 1 saturated heterocycles. The van der Waals surface area contributed by atoms with Crippen molar-refractivity contribution in [3.05, 3.63) is 32.6 Å². The molecule has 18 heavy (non-hydrogen) atoms. The summed E-state index contributed by atoms with van der Waals surface area (Å²) in [6, 6.07) is 0. The van der Waals surface area contributed by atoms with E-state index in [0.717, 1.165) is 0 Å². The second-order valence-corrected chi connectivity index (χ2v) is 4.75. The molecule has 2 N–H and O–H groups in total. The highest BCUT2D eigenvalue weighted by atomic mass is 35.5. The number of H-pyrrole nitrogens is 1. The summed E-state index contributed by atoms with van der Waals surface area (Å²) in [4.78, 5) is 25.2. The summed E-state index contributed by atoms with van der Waals surface area (Å²) >= 11 is 5.79. The molecule has 0 aromatic carbocycles. The molecule has 100 valence electrons. The van der Waals surface area contributed by atoms with Gasteiger partial charge in [-0.25, -0.2) is 4.79 Å². The van der Waals surface area contributed by atoms with Crippen molar-refractivity contribution in [2.45, 2.75) is 25.7 Å². The molecule has 2 heterocycles. The maximum atomic E-state index is 11.7. The van der Waals surface area contributed by atoms with Crippen LogP contribution in [0.15, 0.2) is 15.8 Å². The first-order valence-corrected chi connectivity index (χ1v) is 6.24. The van der Waals surface area contributed by atoms with Crippen molar-refractivity contribution in [1.82, 2.24) is 9.55 Å². The van der Waals surface area contributed by atoms with Crippen molar-refractivity contribution < 1.29 is 9.84 Å². The topological polar surface area (TPSA) is 84.3 Å². The molecule has 1 aromatic heterocycles. The molecule has 0 aliphatic carbocycles. The van der Waals surface area contributed by atoms with Crippen LogP contribution in [0.5, 0.6) is 0 Å². The molecule has 6 nitrogen and oxygen atoms in total. The van der Waals surface area contributed by atoms with Crippen LogP contribution in [0.2, 0.25) is 0 Å². The Bertz CT molecular complexity index is 527. The Kier molecular flexibility index (Phi) is 3.89. The summed E-state index contributed by atoms with van der Waals surface area (Å²) in [7, 11) is 0. The Morgan fingerprint density at radius 2 is 2.33 bits per heavy atom. The third kappa shape index (κ3) is 2.36. The van der Waals surface area contributed by atoms with Crippen LogP contribution >= 0.6 is 11.6 Å². The highest BCUT2D eigenvalue weighted by Crippen LogP contribution is 2.33. The number of halogens is 1. The first-order valence-electron chi connectivity index (χ1n) is 5.71. The number of aliphatic hydroxyl groups excluding tert-OH is 1. The van der Waals surface area contributed by atoms with Crippen LogP contribution in [0, 0.1) is 12.8 Å². The van der Waals surface area contributed by atoms with E-state index in [1.54, 1.807) is 6.92 Å². The van der Waals surface area contributed by atoms with Gasteiger partial charge in [-0.1, -0.05) is 0 Å². The molecule has 7 heteroatoms. The molecule has 0 unspecified atom stereocenters. The molecule has 1 aliphatic rings. The Hall–Kier alpha value is -1.11. The second kappa shape index (κ2) is 5.26. The number of nitrogens with one attached hydrogen (secondary N) is 1. The van der Waals surface area contributed by atoms with Crippen LogP contribution in [0.25, 0.3) is 0 Å². The number of hydrogen-bond donors (Lipinski definition) is 2. The highest BCUT2D eigenvalue weighted by Gasteiger charge is 2.35. The normalized spacial score (nSPS) is 27.6. The van der Waals surface area contributed by atoms with E-state index >= 15 is 0 Å². The number of aliphatic hydroxyl groups is 1. The maximum Gasteiger partial charge on any atom is 0.330 e. The molecule has 1 aromatic rings. The van der Waals surface area contributed by atoms with E-state index in [1.807, 2.05) is 0 Å². The summed E-state index contributed by atoms with van der Waals surface area (Å²) in [5.74, 6) is 0.361. The van der Waals surface area contributed by atoms with Crippen molar-refractivity contribution in [2.24, 2.45) is 5.92 Å². The van der Waals surface area contributed by atoms with Crippen LogP contribution in [0.4, 0.5) is 0 Å². The average molecular weight is 275 g/mol. The Morgan fingerprint density at radius 3 is 2.89 bits per heavy atom. The SMILES string of the molecule is Cc1cn([C@H]2C[C@@H](CCl)[C@@H](CO)O2)c(=O)[nH]c1=O. The van der Waals surface area contributed by atoms with E-state index in [-0.39, 0.29) is 18.6 Å². The number of alkyl halides is 1. The first-order chi connectivity index (χ1) is 8.56. The molecular weight excluding hydrogens is 260 g/mol. The smallest absolute Gasteiger partial charge is 0.330 e. The minimum atomic E-state index is -0.512. The first kappa shape index (κ1) is 13.3. The fourth-order valence-corrected chi connectivity index (χ4v) is 2.44. The van der Waals surface area contributed by atoms with Gasteiger partial charge in [0.2, 0.25) is 0 Å². The fraction of sp³-hybridized carbons (Fsp3) is 0.636. The zero-order chi connectivity index (χ0) is 13.3. The van der Waals surface area contributed by atoms with Gasteiger partial charge in [-0.3, -0.25) is 14.3 Å². The van der Waals surface area contributed by atoms with E-state index in [1.165, 1.54) is 10.8 Å². The number of hydrogen-bond acceptors (Lipinski definition) is 4. The van der Waals surface area contributed by atoms with Gasteiger partial charge in [-0.05, 0) is 13.3 Å². The van der Waals surface area contributed by atoms with Gasteiger partial charge in [0.15, 0.2) is 0 Å². The van der Waals surface area contributed by atoms with Crippen LogP contribution in [-0.2, 0) is 4.74 Å². The molecule has 0 amide bonds. The number of ether oxygens (including phenoxy) is 1. The van der Waals surface area contributed by atoms with Crippen LogP contribution in [-0.4, -0.2) is 33.2 Å². The third-order valence-corrected chi connectivity index (χ3v) is 3.59. The van der Waals surface area contributed by atoms with E-state index < -0.39 is 17.5 Å². The zero-order valence-electron chi connectivity index (χ0n) is 9.93. The van der Waals surface area contributed by atoms with Gasteiger partial charge < -0.3 is 9.84 Å². The molecule has 0 bridgehead atoms. The highest BCUT2D eigenvalue weighted by molar-refractivity contribution is 6.18. The quantitative estimate of drug-likeness (QED) is 0.759. The van der Waals surface area contributed by atoms with Gasteiger partial charge in [0.25, 0.3) is 5.56 Å². The van der Waals surface area contributed by atoms with E-state index in [0.29, 0.717) is 17.9 Å². The van der Waals surface area contributed by atoms with Gasteiger partial charge in [0, 0.05) is 23.6 Å². The van der Waals surface area contributed by atoms with Crippen molar-refractivity contribution in [1.29, 1.82) is 0 Å². The van der Waals surface area contributed by atoms with Crippen LogP contribution in [0.3, 0.4) is 0 Å². The fourth-order valence-electron chi connectivity index (χ4n) is 2.11. The van der Waals surface area contributed by atoms with Crippen LogP contribution < -0.4 is 11.2 Å². The summed E-state index contributed by atoms with van der Waals surface area (Å²) in [6.07, 6.45) is 1.15. The van der Waals surface area contributed by atoms with Gasteiger partial charge in [0.1, 0.15) is 6.23 Å². The van der Waals surface area contributed by atoms with Gasteiger partial charge in [0.05, 0.1) is 12.7 Å². The Balaban J connectivity index is 2.31. The molecule has 1 aliphatic heterocycles. The minimum absolute atomic E-state index is 0.000742. The van der Waals surface area contributed by atoms with E-state index in [4.69, 9.17) is 16.3 Å². The number of aromatic amines is 1. The van der Waals surface area contributed by atoms with E-state index in [2.05, 4.69) is 4.98 Å². The van der Waals surface area contributed by atoms with Gasteiger partial charge >= 0.3 is 5.69 Å². The van der Waals surface area contributed by atoms with Crippen molar-refractivity contribution in [3.63, 3.8) is 0 Å². The number of aromatic nitrogens is 2. The number of rotatable bonds is 3. The lowest BCUT2D eigenvalue weighted by Gasteiger charge is -2.15. The van der Waals surface area contributed by atoms with Gasteiger partial charge in [-0.2, -0.15) is 0 Å². The van der Waals surface area contributed by atoms with Crippen molar-refractivity contribution >= 4 is 11.6 Å². The van der Waals surface area contributed by atoms with Gasteiger partial charge in [-0.15, -0.1) is 11.6 Å². The molecular formula is C11H15ClN2O4. The molecule has 1 fully saturated rings. The minimum Gasteiger partial charge on any atom is -0.394 e. The number of nitrogens with zero attached hydrogens (tertiary/aromatic N) is 1.